The lowest BCUT2D eigenvalue weighted by Gasteiger charge is -2.08. The van der Waals surface area contributed by atoms with Gasteiger partial charge in [0.1, 0.15) is 6.54 Å². The molecule has 26 heavy (non-hydrogen) atoms. The fourth-order valence-electron chi connectivity index (χ4n) is 1.98. The van der Waals surface area contributed by atoms with Gasteiger partial charge in [-0.25, -0.2) is 8.78 Å². The van der Waals surface area contributed by atoms with E-state index in [-0.39, 0.29) is 24.6 Å². The molecule has 2 aromatic carbocycles. The van der Waals surface area contributed by atoms with Gasteiger partial charge in [-0.1, -0.05) is 30.3 Å². The molecule has 2 N–H and O–H groups in total. The van der Waals surface area contributed by atoms with Crippen molar-refractivity contribution in [3.8, 4) is 0 Å². The maximum absolute atomic E-state index is 13.0. The number of anilines is 1. The van der Waals surface area contributed by atoms with E-state index >= 15 is 0 Å². The molecule has 0 heterocycles. The van der Waals surface area contributed by atoms with Crippen molar-refractivity contribution in [2.24, 2.45) is 0 Å². The summed E-state index contributed by atoms with van der Waals surface area (Å²) in [6, 6.07) is 11.8. The van der Waals surface area contributed by atoms with Gasteiger partial charge in [0.25, 0.3) is 5.91 Å². The number of hydrogen-bond acceptors (Lipinski definition) is 4. The van der Waals surface area contributed by atoms with Crippen LogP contribution in [0.4, 0.5) is 14.5 Å². The number of rotatable bonds is 7. The van der Waals surface area contributed by atoms with E-state index in [9.17, 15) is 23.2 Å². The summed E-state index contributed by atoms with van der Waals surface area (Å²) >= 11 is 0. The second kappa shape index (κ2) is 9.26. The maximum atomic E-state index is 13.0. The van der Waals surface area contributed by atoms with Gasteiger partial charge in [-0.2, -0.15) is 0 Å². The van der Waals surface area contributed by atoms with Crippen LogP contribution in [0, 0.1) is 11.6 Å². The molecule has 0 fully saturated rings. The predicted octanol–water partition coefficient (Wildman–Crippen LogP) is 1.81. The zero-order valence-corrected chi connectivity index (χ0v) is 13.6. The quantitative estimate of drug-likeness (QED) is 0.736. The maximum Gasteiger partial charge on any atom is 0.325 e. The third-order valence-electron chi connectivity index (χ3n) is 3.21. The predicted molar refractivity (Wildman–Crippen MR) is 89.1 cm³/mol. The van der Waals surface area contributed by atoms with Crippen LogP contribution < -0.4 is 10.6 Å². The summed E-state index contributed by atoms with van der Waals surface area (Å²) in [6.07, 6.45) is 0.116. The van der Waals surface area contributed by atoms with Crippen molar-refractivity contribution in [2.45, 2.75) is 6.42 Å². The highest BCUT2D eigenvalue weighted by Gasteiger charge is 2.11. The van der Waals surface area contributed by atoms with Crippen molar-refractivity contribution in [1.29, 1.82) is 0 Å². The highest BCUT2D eigenvalue weighted by molar-refractivity contribution is 5.93. The van der Waals surface area contributed by atoms with Crippen LogP contribution in [0.25, 0.3) is 0 Å². The molecule has 0 aliphatic carbocycles. The molecular formula is C18H16F2N2O4. The number of esters is 1. The molecule has 0 radical (unpaired) electrons. The minimum atomic E-state index is -1.11. The molecule has 0 aromatic heterocycles. The third-order valence-corrected chi connectivity index (χ3v) is 3.21. The van der Waals surface area contributed by atoms with Crippen molar-refractivity contribution in [2.75, 3.05) is 18.5 Å². The lowest BCUT2D eigenvalue weighted by atomic mass is 10.1. The SMILES string of the molecule is O=C(Cc1ccccc1)NCC(=O)OCC(=O)Nc1ccc(F)c(F)c1. The van der Waals surface area contributed by atoms with E-state index in [1.54, 1.807) is 24.3 Å². The zero-order valence-electron chi connectivity index (χ0n) is 13.6. The molecule has 0 unspecified atom stereocenters. The van der Waals surface area contributed by atoms with Gasteiger partial charge in [-0.05, 0) is 17.7 Å². The fraction of sp³-hybridized carbons (Fsp3) is 0.167. The van der Waals surface area contributed by atoms with E-state index < -0.39 is 30.1 Å². The van der Waals surface area contributed by atoms with E-state index in [2.05, 4.69) is 10.6 Å². The van der Waals surface area contributed by atoms with Crippen molar-refractivity contribution in [3.05, 3.63) is 65.7 Å². The first-order valence-corrected chi connectivity index (χ1v) is 7.65. The molecule has 0 spiro atoms. The third kappa shape index (κ3) is 6.31. The van der Waals surface area contributed by atoms with E-state index in [0.717, 1.165) is 17.7 Å². The second-order valence-corrected chi connectivity index (χ2v) is 5.28. The highest BCUT2D eigenvalue weighted by atomic mass is 19.2. The molecule has 0 saturated heterocycles. The number of halogens is 2. The van der Waals surface area contributed by atoms with Crippen molar-refractivity contribution in [3.63, 3.8) is 0 Å². The van der Waals surface area contributed by atoms with Gasteiger partial charge in [0, 0.05) is 11.8 Å². The summed E-state index contributed by atoms with van der Waals surface area (Å²) < 4.78 is 30.5. The number of benzene rings is 2. The van der Waals surface area contributed by atoms with E-state index in [4.69, 9.17) is 4.74 Å². The van der Waals surface area contributed by atoms with Gasteiger partial charge >= 0.3 is 5.97 Å². The van der Waals surface area contributed by atoms with Gasteiger partial charge in [0.15, 0.2) is 18.2 Å². The Kier molecular flexibility index (Phi) is 6.78. The molecule has 0 atom stereocenters. The molecule has 6 nitrogen and oxygen atoms in total. The topological polar surface area (TPSA) is 84.5 Å². The first-order valence-electron chi connectivity index (χ1n) is 7.65. The monoisotopic (exact) mass is 362 g/mol. The van der Waals surface area contributed by atoms with E-state index in [0.29, 0.717) is 0 Å². The zero-order chi connectivity index (χ0) is 18.9. The number of ether oxygens (including phenoxy) is 1. The van der Waals surface area contributed by atoms with Gasteiger partial charge < -0.3 is 15.4 Å². The van der Waals surface area contributed by atoms with Gasteiger partial charge in [0.05, 0.1) is 6.42 Å². The molecule has 2 aromatic rings. The summed E-state index contributed by atoms with van der Waals surface area (Å²) in [5.41, 5.74) is 0.824. The molecule has 0 aliphatic rings. The Morgan fingerprint density at radius 1 is 0.923 bits per heavy atom. The lowest BCUT2D eigenvalue weighted by Crippen LogP contribution is -2.33. The summed E-state index contributed by atoms with van der Waals surface area (Å²) in [4.78, 5) is 34.8. The van der Waals surface area contributed by atoms with Gasteiger partial charge in [-0.3, -0.25) is 14.4 Å². The number of carbonyl (C=O) groups excluding carboxylic acids is 3. The van der Waals surface area contributed by atoms with Gasteiger partial charge in [-0.15, -0.1) is 0 Å². The Labute approximate surface area is 148 Å². The standard InChI is InChI=1S/C18H16F2N2O4/c19-14-7-6-13(9-15(14)20)22-17(24)11-26-18(25)10-21-16(23)8-12-4-2-1-3-5-12/h1-7,9H,8,10-11H2,(H,21,23)(H,22,24). The Bertz CT molecular complexity index is 797. The van der Waals surface area contributed by atoms with Crippen LogP contribution in [0.5, 0.6) is 0 Å². The van der Waals surface area contributed by atoms with E-state index in [1.165, 1.54) is 6.07 Å². The largest absolute Gasteiger partial charge is 0.454 e. The lowest BCUT2D eigenvalue weighted by molar-refractivity contribution is -0.147. The molecule has 136 valence electrons. The number of hydrogen-bond donors (Lipinski definition) is 2. The number of nitrogens with one attached hydrogen (secondary N) is 2. The second-order valence-electron chi connectivity index (χ2n) is 5.28. The highest BCUT2D eigenvalue weighted by Crippen LogP contribution is 2.12. The Balaban J connectivity index is 1.68. The Morgan fingerprint density at radius 2 is 1.65 bits per heavy atom. The van der Waals surface area contributed by atoms with Crippen LogP contribution in [0.1, 0.15) is 5.56 Å². The van der Waals surface area contributed by atoms with Gasteiger partial charge in [0.2, 0.25) is 5.91 Å². The van der Waals surface area contributed by atoms with Crippen LogP contribution in [0.15, 0.2) is 48.5 Å². The van der Waals surface area contributed by atoms with Crippen LogP contribution in [-0.2, 0) is 25.5 Å². The Hall–Kier alpha value is -3.29. The van der Waals surface area contributed by atoms with Crippen LogP contribution in [0.3, 0.4) is 0 Å². The Morgan fingerprint density at radius 3 is 2.35 bits per heavy atom. The minimum absolute atomic E-state index is 0.0288. The number of amides is 2. The molecule has 0 aliphatic heterocycles. The van der Waals surface area contributed by atoms with Crippen LogP contribution in [-0.4, -0.2) is 30.9 Å². The van der Waals surface area contributed by atoms with Crippen LogP contribution in [0.2, 0.25) is 0 Å². The molecular weight excluding hydrogens is 346 g/mol. The average Bonchev–Trinajstić information content (AvgIpc) is 2.62. The summed E-state index contributed by atoms with van der Waals surface area (Å²) in [7, 11) is 0. The molecule has 8 heteroatoms. The van der Waals surface area contributed by atoms with Crippen molar-refractivity contribution in [1.82, 2.24) is 5.32 Å². The molecule has 2 amide bonds. The normalized spacial score (nSPS) is 10.1. The summed E-state index contributed by atoms with van der Waals surface area (Å²) in [5, 5.41) is 4.63. The summed E-state index contributed by atoms with van der Waals surface area (Å²) in [6.45, 7) is -1.00. The van der Waals surface area contributed by atoms with Crippen LogP contribution >= 0.6 is 0 Å². The fourth-order valence-corrected chi connectivity index (χ4v) is 1.98. The first kappa shape index (κ1) is 19.0. The summed E-state index contributed by atoms with van der Waals surface area (Å²) in [5.74, 6) is -4.03. The molecule has 2 rings (SSSR count). The van der Waals surface area contributed by atoms with Crippen molar-refractivity contribution < 1.29 is 27.9 Å². The smallest absolute Gasteiger partial charge is 0.325 e. The van der Waals surface area contributed by atoms with Crippen molar-refractivity contribution >= 4 is 23.5 Å². The molecule has 0 bridgehead atoms. The number of carbonyl (C=O) groups is 3. The molecule has 0 saturated carbocycles. The average molecular weight is 362 g/mol. The minimum Gasteiger partial charge on any atom is -0.454 e. The van der Waals surface area contributed by atoms with E-state index in [1.807, 2.05) is 6.07 Å². The first-order chi connectivity index (χ1) is 12.4.